The van der Waals surface area contributed by atoms with Crippen molar-refractivity contribution in [3.05, 3.63) is 71.7 Å². The van der Waals surface area contributed by atoms with Gasteiger partial charge >= 0.3 is 6.36 Å². The van der Waals surface area contributed by atoms with Gasteiger partial charge in [0.15, 0.2) is 5.82 Å². The van der Waals surface area contributed by atoms with Crippen molar-refractivity contribution in [2.75, 3.05) is 0 Å². The summed E-state index contributed by atoms with van der Waals surface area (Å²) in [5, 5.41) is 14.3. The van der Waals surface area contributed by atoms with Crippen LogP contribution >= 0.6 is 0 Å². The predicted octanol–water partition coefficient (Wildman–Crippen LogP) is 4.81. The number of hydrogen-bond donors (Lipinski definition) is 2. The predicted molar refractivity (Wildman–Crippen MR) is 121 cm³/mol. The van der Waals surface area contributed by atoms with Gasteiger partial charge in [-0.2, -0.15) is 5.10 Å². The molecule has 1 atom stereocenters. The van der Waals surface area contributed by atoms with Crippen molar-refractivity contribution < 1.29 is 23.0 Å². The zero-order chi connectivity index (χ0) is 24.3. The molecule has 0 spiro atoms. The van der Waals surface area contributed by atoms with E-state index in [0.29, 0.717) is 44.9 Å². The highest BCUT2D eigenvalue weighted by Gasteiger charge is 2.29. The number of rotatable bonds is 8. The minimum atomic E-state index is -4.78. The highest BCUT2D eigenvalue weighted by Crippen LogP contribution is 2.31. The van der Waals surface area contributed by atoms with Gasteiger partial charge in [-0.3, -0.25) is 9.72 Å². The number of aliphatic hydroxyl groups is 1. The summed E-state index contributed by atoms with van der Waals surface area (Å²) < 4.78 is 44.1. The van der Waals surface area contributed by atoms with E-state index in [1.807, 2.05) is 19.1 Å². The van der Waals surface area contributed by atoms with Crippen molar-refractivity contribution in [3.8, 4) is 17.1 Å². The first-order valence-corrected chi connectivity index (χ1v) is 10.8. The molecule has 0 fully saturated rings. The molecule has 0 bridgehead atoms. The van der Waals surface area contributed by atoms with Crippen LogP contribution in [0.25, 0.3) is 28.0 Å². The van der Waals surface area contributed by atoms with Gasteiger partial charge in [-0.05, 0) is 48.4 Å². The van der Waals surface area contributed by atoms with E-state index < -0.39 is 13.0 Å². The van der Waals surface area contributed by atoms with Crippen LogP contribution in [-0.2, 0) is 18.0 Å². The molecule has 0 aliphatic heterocycles. The van der Waals surface area contributed by atoms with E-state index in [0.717, 1.165) is 12.8 Å². The third kappa shape index (κ3) is 5.24. The number of benzene rings is 1. The number of ether oxygens (including phenoxy) is 1. The average Bonchev–Trinajstić information content (AvgIpc) is 3.26. The normalized spacial score (nSPS) is 12.9. The highest BCUT2D eigenvalue weighted by atomic mass is 19.4. The molecule has 0 saturated heterocycles. The summed E-state index contributed by atoms with van der Waals surface area (Å²) in [7, 11) is 0. The van der Waals surface area contributed by atoms with Crippen molar-refractivity contribution in [2.45, 2.75) is 45.4 Å². The van der Waals surface area contributed by atoms with Crippen LogP contribution in [0.3, 0.4) is 0 Å². The molecule has 4 rings (SSSR count). The number of nitrogens with two attached hydrogens (primary N) is 1. The van der Waals surface area contributed by atoms with Crippen molar-refractivity contribution in [1.29, 1.82) is 0 Å². The van der Waals surface area contributed by atoms with Crippen LogP contribution in [0.1, 0.15) is 42.8 Å². The van der Waals surface area contributed by atoms with Crippen LogP contribution in [0, 0.1) is 0 Å². The number of aromatic nitrogens is 4. The number of aliphatic hydroxyl groups excluding tert-OH is 1. The van der Waals surface area contributed by atoms with Crippen LogP contribution in [0.4, 0.5) is 13.2 Å². The Morgan fingerprint density at radius 1 is 1.12 bits per heavy atom. The summed E-state index contributed by atoms with van der Waals surface area (Å²) in [5.74, 6) is 0.424. The SMILES string of the molecule is CCCC(N)c1cccc(-c2cc(COC(F)(F)F)c3cnn(-c4cccc(CO)n4)c3c2)n1. The first kappa shape index (κ1) is 23.8. The largest absolute Gasteiger partial charge is 0.522 e. The Morgan fingerprint density at radius 2 is 1.91 bits per heavy atom. The molecule has 10 heteroatoms. The maximum absolute atomic E-state index is 12.8. The molecule has 3 aromatic heterocycles. The molecule has 7 nitrogen and oxygen atoms in total. The lowest BCUT2D eigenvalue weighted by Crippen LogP contribution is -2.13. The van der Waals surface area contributed by atoms with Crippen molar-refractivity contribution in [3.63, 3.8) is 0 Å². The van der Waals surface area contributed by atoms with Gasteiger partial charge in [-0.15, -0.1) is 13.2 Å². The summed E-state index contributed by atoms with van der Waals surface area (Å²) in [4.78, 5) is 9.03. The van der Waals surface area contributed by atoms with E-state index in [4.69, 9.17) is 5.73 Å². The number of alkyl halides is 3. The fourth-order valence-electron chi connectivity index (χ4n) is 3.76. The average molecular weight is 471 g/mol. The summed E-state index contributed by atoms with van der Waals surface area (Å²) in [5.41, 5.74) is 9.39. The molecular formula is C24H24F3N5O2. The van der Waals surface area contributed by atoms with Gasteiger partial charge < -0.3 is 10.8 Å². The zero-order valence-electron chi connectivity index (χ0n) is 18.5. The lowest BCUT2D eigenvalue weighted by molar-refractivity contribution is -0.330. The van der Waals surface area contributed by atoms with E-state index in [9.17, 15) is 18.3 Å². The molecule has 0 saturated carbocycles. The Hall–Kier alpha value is -3.34. The first-order chi connectivity index (χ1) is 16.3. The monoisotopic (exact) mass is 471 g/mol. The molecule has 1 unspecified atom stereocenters. The van der Waals surface area contributed by atoms with Crippen molar-refractivity contribution >= 4 is 10.9 Å². The quantitative estimate of drug-likeness (QED) is 0.383. The van der Waals surface area contributed by atoms with Gasteiger partial charge in [0.25, 0.3) is 0 Å². The van der Waals surface area contributed by atoms with Crippen LogP contribution in [-0.4, -0.2) is 31.2 Å². The fraction of sp³-hybridized carbons (Fsp3) is 0.292. The molecular weight excluding hydrogens is 447 g/mol. The second-order valence-corrected chi connectivity index (χ2v) is 7.85. The molecule has 178 valence electrons. The molecule has 0 amide bonds. The molecule has 0 radical (unpaired) electrons. The Labute approximate surface area is 194 Å². The number of halogens is 3. The lowest BCUT2D eigenvalue weighted by Gasteiger charge is -2.13. The molecule has 3 N–H and O–H groups in total. The van der Waals surface area contributed by atoms with Gasteiger partial charge in [0, 0.05) is 17.0 Å². The van der Waals surface area contributed by atoms with E-state index in [2.05, 4.69) is 19.8 Å². The number of hydrogen-bond acceptors (Lipinski definition) is 6. The van der Waals surface area contributed by atoms with Crippen LogP contribution < -0.4 is 5.73 Å². The van der Waals surface area contributed by atoms with Gasteiger partial charge in [-0.25, -0.2) is 9.67 Å². The third-order valence-corrected chi connectivity index (χ3v) is 5.38. The van der Waals surface area contributed by atoms with E-state index in [1.165, 1.54) is 10.9 Å². The number of nitrogens with zero attached hydrogens (tertiary/aromatic N) is 4. The minimum absolute atomic E-state index is 0.238. The minimum Gasteiger partial charge on any atom is -0.390 e. The van der Waals surface area contributed by atoms with Crippen LogP contribution in [0.15, 0.2) is 54.7 Å². The van der Waals surface area contributed by atoms with Crippen molar-refractivity contribution in [1.82, 2.24) is 19.7 Å². The van der Waals surface area contributed by atoms with E-state index >= 15 is 0 Å². The lowest BCUT2D eigenvalue weighted by atomic mass is 10.0. The maximum Gasteiger partial charge on any atom is 0.522 e. The Morgan fingerprint density at radius 3 is 2.65 bits per heavy atom. The summed E-state index contributed by atoms with van der Waals surface area (Å²) in [6, 6.07) is 13.7. The number of fused-ring (bicyclic) bond motifs is 1. The summed E-state index contributed by atoms with van der Waals surface area (Å²) in [6.45, 7) is 1.10. The Balaban J connectivity index is 1.86. The van der Waals surface area contributed by atoms with Crippen molar-refractivity contribution in [2.24, 2.45) is 5.73 Å². The first-order valence-electron chi connectivity index (χ1n) is 10.8. The van der Waals surface area contributed by atoms with Gasteiger partial charge in [0.05, 0.1) is 42.0 Å². The van der Waals surface area contributed by atoms with E-state index in [-0.39, 0.29) is 12.6 Å². The smallest absolute Gasteiger partial charge is 0.390 e. The number of pyridine rings is 2. The molecule has 3 heterocycles. The standard InChI is InChI=1S/C24H24F3N5O2/c1-2-5-19(28)21-8-4-7-20(31-21)15-10-16(14-34-24(25,26)27)18-12-29-32(22(18)11-15)23-9-3-6-17(13-33)30-23/h3-4,6-12,19,33H,2,5,13-14,28H2,1H3. The highest BCUT2D eigenvalue weighted by molar-refractivity contribution is 5.88. The van der Waals surface area contributed by atoms with Gasteiger partial charge in [-0.1, -0.05) is 25.5 Å². The molecule has 4 aromatic rings. The third-order valence-electron chi connectivity index (χ3n) is 5.38. The molecule has 0 aliphatic rings. The van der Waals surface area contributed by atoms with E-state index in [1.54, 1.807) is 36.4 Å². The Kier molecular flexibility index (Phi) is 6.92. The summed E-state index contributed by atoms with van der Waals surface area (Å²) >= 11 is 0. The molecule has 34 heavy (non-hydrogen) atoms. The second kappa shape index (κ2) is 9.88. The topological polar surface area (TPSA) is 99.1 Å². The van der Waals surface area contributed by atoms with Gasteiger partial charge in [0.1, 0.15) is 0 Å². The fourth-order valence-corrected chi connectivity index (χ4v) is 3.76. The van der Waals surface area contributed by atoms with Crippen LogP contribution in [0.2, 0.25) is 0 Å². The van der Waals surface area contributed by atoms with Gasteiger partial charge in [0.2, 0.25) is 0 Å². The molecule has 1 aromatic carbocycles. The van der Waals surface area contributed by atoms with Crippen LogP contribution in [0.5, 0.6) is 0 Å². The Bertz CT molecular complexity index is 1290. The summed E-state index contributed by atoms with van der Waals surface area (Å²) in [6.07, 6.45) is -1.64. The molecule has 0 aliphatic carbocycles. The zero-order valence-corrected chi connectivity index (χ0v) is 18.5. The maximum atomic E-state index is 12.8. The second-order valence-electron chi connectivity index (χ2n) is 7.85.